The van der Waals surface area contributed by atoms with Crippen molar-refractivity contribution < 1.29 is 0 Å². The molecular weight excluding hydrogens is 60.1 g/mol. The van der Waals surface area contributed by atoms with Crippen LogP contribution in [-0.2, 0) is 0 Å². The van der Waals surface area contributed by atoms with E-state index in [1.165, 1.54) is 5.57 Å². The molecule has 0 N–H and O–H groups in total. The average molecular weight is 68.1 g/mol. The zero-order valence-electron chi connectivity index (χ0n) is 3.71. The Balaban J connectivity index is 0. The van der Waals surface area contributed by atoms with E-state index < -0.39 is 0 Å². The van der Waals surface area contributed by atoms with E-state index in [-0.39, 0.29) is 7.43 Å². The fraction of sp³-hybridized carbons (Fsp3) is 0.400. The zero-order chi connectivity index (χ0) is 3.58. The molecule has 0 rings (SSSR count). The average Bonchev–Trinajstić information content (AvgIpc) is 0.811. The van der Waals surface area contributed by atoms with Gasteiger partial charge >= 0.3 is 0 Å². The molecule has 0 unspecified atom stereocenters. The second-order valence-corrected chi connectivity index (χ2v) is 1.21. The number of hydrogen-bond donors (Lipinski definition) is 0. The molecule has 0 nitrogen and oxygen atoms in total. The predicted molar refractivity (Wildman–Crippen MR) is 23.7 cm³/mol. The largest absolute Gasteiger partial charge is 0.100 e. The minimum atomic E-state index is 0. The molecule has 0 aliphatic rings. The summed E-state index contributed by atoms with van der Waals surface area (Å²) in [5.74, 6) is 0. The molecule has 0 heterocycles. The molecule has 0 amide bonds. The summed E-state index contributed by atoms with van der Waals surface area (Å²) >= 11 is 0. The summed E-state index contributed by atoms with van der Waals surface area (Å²) in [5, 5.41) is 0. The lowest BCUT2D eigenvalue weighted by Gasteiger charge is -1.65. The Kier molecular flexibility index (Phi) is 6.61. The van der Waals surface area contributed by atoms with Gasteiger partial charge in [0.15, 0.2) is 0 Å². The molecule has 4 radical (unpaired) electrons. The van der Waals surface area contributed by atoms with Crippen LogP contribution in [0.3, 0.4) is 0 Å². The highest BCUT2D eigenvalue weighted by Gasteiger charge is 1.51. The Hall–Kier alpha value is -0.260. The van der Waals surface area contributed by atoms with Crippen molar-refractivity contribution >= 4 is 0 Å². The predicted octanol–water partition coefficient (Wildman–Crippen LogP) is 1.66. The van der Waals surface area contributed by atoms with E-state index >= 15 is 0 Å². The van der Waals surface area contributed by atoms with Gasteiger partial charge in [-0.3, -0.25) is 0 Å². The first kappa shape index (κ1) is 8.83. The highest BCUT2D eigenvalue weighted by Crippen LogP contribution is 1.73. The summed E-state index contributed by atoms with van der Waals surface area (Å²) in [6, 6.07) is 0. The third kappa shape index (κ3) is 168. The normalized spacial score (nSPS) is 5.20. The quantitative estimate of drug-likeness (QED) is 0.379. The molecule has 0 bridgehead atoms. The maximum atomic E-state index is 3.56. The number of rotatable bonds is 0. The van der Waals surface area contributed by atoms with E-state index in [4.69, 9.17) is 0 Å². The summed E-state index contributed by atoms with van der Waals surface area (Å²) in [4.78, 5) is 0. The van der Waals surface area contributed by atoms with Crippen LogP contribution in [0.25, 0.3) is 0 Å². The molecule has 0 aromatic carbocycles. The van der Waals surface area contributed by atoms with E-state index in [0.29, 0.717) is 0 Å². The molecule has 0 aromatic rings. The maximum absolute atomic E-state index is 3.56. The first-order chi connectivity index (χ1) is 1.73. The Labute approximate surface area is 34.5 Å². The summed E-state index contributed by atoms with van der Waals surface area (Å²) in [6.07, 6.45) is 0. The van der Waals surface area contributed by atoms with Crippen molar-refractivity contribution in [3.63, 3.8) is 0 Å². The van der Waals surface area contributed by atoms with Gasteiger partial charge in [0.2, 0.25) is 0 Å². The van der Waals surface area contributed by atoms with E-state index in [0.717, 1.165) is 0 Å². The fourth-order valence-electron chi connectivity index (χ4n) is 0. The molecule has 0 saturated heterocycles. The molecule has 0 heteroatoms. The summed E-state index contributed by atoms with van der Waals surface area (Å²) < 4.78 is 0. The van der Waals surface area contributed by atoms with E-state index in [1.54, 1.807) is 0 Å². The summed E-state index contributed by atoms with van der Waals surface area (Å²) in [7, 11) is 0. The molecule has 28 valence electrons. The number of hydrogen-bond acceptors (Lipinski definition) is 0. The second-order valence-electron chi connectivity index (χ2n) is 1.21. The van der Waals surface area contributed by atoms with Crippen molar-refractivity contribution in [2.75, 3.05) is 0 Å². The third-order valence-corrected chi connectivity index (χ3v) is 0. The monoisotopic (exact) mass is 68.1 g/mol. The van der Waals surface area contributed by atoms with Crippen molar-refractivity contribution in [2.24, 2.45) is 0 Å². The van der Waals surface area contributed by atoms with Crippen LogP contribution < -0.4 is 0 Å². The molecule has 0 saturated carbocycles. The third-order valence-electron chi connectivity index (χ3n) is 0. The van der Waals surface area contributed by atoms with Crippen LogP contribution in [0.4, 0.5) is 0 Å². The smallest absolute Gasteiger partial charge is 0 e. The molecule has 0 aliphatic heterocycles. The van der Waals surface area contributed by atoms with Crippen molar-refractivity contribution in [1.29, 1.82) is 0 Å². The summed E-state index contributed by atoms with van der Waals surface area (Å²) in [6.45, 7) is 7.50. The van der Waals surface area contributed by atoms with Crippen LogP contribution in [0.2, 0.25) is 0 Å². The van der Waals surface area contributed by atoms with Crippen molar-refractivity contribution in [3.05, 3.63) is 19.6 Å². The Morgan fingerprint density at radius 3 is 1.40 bits per heavy atom. The van der Waals surface area contributed by atoms with Gasteiger partial charge in [-0.15, -0.1) is 6.58 Å². The minimum Gasteiger partial charge on any atom is -0.100 e. The van der Waals surface area contributed by atoms with Gasteiger partial charge in [0.25, 0.3) is 0 Å². The van der Waals surface area contributed by atoms with Crippen LogP contribution in [0, 0.1) is 7.43 Å². The fourth-order valence-corrected chi connectivity index (χ4v) is 0. The van der Waals surface area contributed by atoms with Crippen LogP contribution >= 0.6 is 0 Å². The molecule has 5 heavy (non-hydrogen) atoms. The van der Waals surface area contributed by atoms with Gasteiger partial charge < -0.3 is 0 Å². The minimum absolute atomic E-state index is 0. The lowest BCUT2D eigenvalue weighted by molar-refractivity contribution is 1.42. The van der Waals surface area contributed by atoms with E-state index in [9.17, 15) is 0 Å². The van der Waals surface area contributed by atoms with Crippen LogP contribution in [0.15, 0.2) is 12.2 Å². The molecule has 0 aromatic heterocycles. The van der Waals surface area contributed by atoms with Gasteiger partial charge in [0.05, 0.1) is 0 Å². The lowest BCUT2D eigenvalue weighted by Crippen LogP contribution is -1.43. The van der Waals surface area contributed by atoms with Gasteiger partial charge in [0, 0.05) is 7.43 Å². The first-order valence-corrected chi connectivity index (χ1v) is 1.35. The molecule has 0 fully saturated rings. The Bertz CT molecular complexity index is 23.0. The Morgan fingerprint density at radius 2 is 1.40 bits per heavy atom. The second kappa shape index (κ2) is 3.74. The molecule has 0 spiro atoms. The van der Waals surface area contributed by atoms with Gasteiger partial charge in [-0.1, -0.05) is 5.57 Å². The topological polar surface area (TPSA) is 0 Å². The van der Waals surface area contributed by atoms with Crippen LogP contribution in [0.1, 0.15) is 13.8 Å². The summed E-state index contributed by atoms with van der Waals surface area (Å²) in [5.41, 5.74) is 1.17. The molecule has 0 aliphatic carbocycles. The van der Waals surface area contributed by atoms with Gasteiger partial charge in [0.1, 0.15) is 0 Å². The molecular formula is C5H8. The van der Waals surface area contributed by atoms with E-state index in [2.05, 4.69) is 6.58 Å². The zero-order valence-corrected chi connectivity index (χ0v) is 3.71. The van der Waals surface area contributed by atoms with Gasteiger partial charge in [-0.2, -0.15) is 0 Å². The van der Waals surface area contributed by atoms with Crippen molar-refractivity contribution in [1.82, 2.24) is 0 Å². The lowest BCUT2D eigenvalue weighted by atomic mass is 10.4. The Morgan fingerprint density at radius 1 is 1.40 bits per heavy atom. The van der Waals surface area contributed by atoms with Crippen molar-refractivity contribution in [3.8, 4) is 0 Å². The van der Waals surface area contributed by atoms with Gasteiger partial charge in [-0.25, -0.2) is 0 Å². The van der Waals surface area contributed by atoms with Gasteiger partial charge in [-0.05, 0) is 13.8 Å². The highest BCUT2D eigenvalue weighted by molar-refractivity contribution is 4.78. The first-order valence-electron chi connectivity index (χ1n) is 1.35. The maximum Gasteiger partial charge on any atom is 0 e. The standard InChI is InChI=1S/C4H8.C/c1-4(2)3;/h1H2,2-3H3;. The van der Waals surface area contributed by atoms with Crippen molar-refractivity contribution in [2.45, 2.75) is 13.8 Å². The SMILES string of the molecule is C=C(C)C.[C]. The van der Waals surface area contributed by atoms with E-state index in [1.807, 2.05) is 13.8 Å². The number of allylic oxidation sites excluding steroid dienone is 1. The molecule has 0 atom stereocenters. The van der Waals surface area contributed by atoms with Crippen LogP contribution in [-0.4, -0.2) is 0 Å². The highest BCUT2D eigenvalue weighted by atomic mass is 13.6. The van der Waals surface area contributed by atoms with Crippen LogP contribution in [0.5, 0.6) is 0 Å².